The number of hydrogen-bond donors (Lipinski definition) is 0. The monoisotopic (exact) mass is 489 g/mol. The van der Waals surface area contributed by atoms with Crippen molar-refractivity contribution in [3.63, 3.8) is 0 Å². The second-order valence-electron chi connectivity index (χ2n) is 9.44. The van der Waals surface area contributed by atoms with Gasteiger partial charge in [0.25, 0.3) is 0 Å². The zero-order valence-electron chi connectivity index (χ0n) is 21.9. The van der Waals surface area contributed by atoms with E-state index in [1.807, 2.05) is 24.4 Å². The van der Waals surface area contributed by atoms with E-state index in [9.17, 15) is 0 Å². The van der Waals surface area contributed by atoms with Gasteiger partial charge in [-0.15, -0.1) is 0 Å². The highest BCUT2D eigenvalue weighted by molar-refractivity contribution is 5.48. The summed E-state index contributed by atoms with van der Waals surface area (Å²) in [5.74, 6) is 2.59. The van der Waals surface area contributed by atoms with E-state index in [0.717, 1.165) is 62.2 Å². The summed E-state index contributed by atoms with van der Waals surface area (Å²) < 4.78 is 16.5. The summed E-state index contributed by atoms with van der Waals surface area (Å²) in [6.07, 6.45) is 6.74. The van der Waals surface area contributed by atoms with E-state index in [1.165, 1.54) is 42.4 Å². The maximum atomic E-state index is 5.59. The molecule has 2 heterocycles. The summed E-state index contributed by atoms with van der Waals surface area (Å²) in [6, 6.07) is 18.7. The molecule has 0 atom stereocenters. The topological polar surface area (TPSA) is 47.1 Å². The summed E-state index contributed by atoms with van der Waals surface area (Å²) in [4.78, 5) is 9.56. The Morgan fingerprint density at radius 1 is 0.750 bits per heavy atom. The fourth-order valence-corrected chi connectivity index (χ4v) is 4.99. The van der Waals surface area contributed by atoms with Gasteiger partial charge in [0, 0.05) is 37.9 Å². The van der Waals surface area contributed by atoms with Crippen LogP contribution in [0.15, 0.2) is 60.8 Å². The molecule has 0 radical (unpaired) electrons. The molecule has 0 bridgehead atoms. The van der Waals surface area contributed by atoms with Gasteiger partial charge in [-0.05, 0) is 67.4 Å². The summed E-state index contributed by atoms with van der Waals surface area (Å²) >= 11 is 0. The highest BCUT2D eigenvalue weighted by atomic mass is 16.5. The van der Waals surface area contributed by atoms with Gasteiger partial charge < -0.3 is 14.2 Å². The van der Waals surface area contributed by atoms with Crippen molar-refractivity contribution in [1.82, 2.24) is 14.8 Å². The van der Waals surface area contributed by atoms with Crippen LogP contribution in [0.3, 0.4) is 0 Å². The van der Waals surface area contributed by atoms with Crippen LogP contribution in [-0.4, -0.2) is 49.2 Å². The molecule has 6 nitrogen and oxygen atoms in total. The van der Waals surface area contributed by atoms with Crippen LogP contribution in [0.4, 0.5) is 0 Å². The molecule has 36 heavy (non-hydrogen) atoms. The minimum Gasteiger partial charge on any atom is -0.496 e. The number of fused-ring (bicyclic) bond motifs is 1. The SMILES string of the molecule is COc1ccccc1CN(CCCCCCN1Cc2cc(OC)c(OC)cc2C1)Cc1ccccn1. The number of hydrogen-bond acceptors (Lipinski definition) is 6. The van der Waals surface area contributed by atoms with Crippen LogP contribution in [0.25, 0.3) is 0 Å². The first-order valence-electron chi connectivity index (χ1n) is 12.9. The fourth-order valence-electron chi connectivity index (χ4n) is 4.99. The van der Waals surface area contributed by atoms with Gasteiger partial charge >= 0.3 is 0 Å². The van der Waals surface area contributed by atoms with Gasteiger partial charge in [-0.3, -0.25) is 14.8 Å². The normalized spacial score (nSPS) is 13.1. The van der Waals surface area contributed by atoms with E-state index in [2.05, 4.69) is 51.2 Å². The quantitative estimate of drug-likeness (QED) is 0.271. The van der Waals surface area contributed by atoms with Crippen LogP contribution in [-0.2, 0) is 26.2 Å². The number of rotatable bonds is 14. The predicted octanol–water partition coefficient (Wildman–Crippen LogP) is 5.69. The number of unbranched alkanes of at least 4 members (excludes halogenated alkanes) is 3. The molecule has 6 heteroatoms. The van der Waals surface area contributed by atoms with Crippen molar-refractivity contribution in [3.8, 4) is 17.2 Å². The Morgan fingerprint density at radius 3 is 2.08 bits per heavy atom. The van der Waals surface area contributed by atoms with Crippen LogP contribution in [0.5, 0.6) is 17.2 Å². The Hall–Kier alpha value is -3.09. The lowest BCUT2D eigenvalue weighted by atomic mass is 10.1. The first-order chi connectivity index (χ1) is 17.7. The Kier molecular flexibility index (Phi) is 9.59. The molecule has 4 rings (SSSR count). The number of benzene rings is 2. The molecule has 3 aromatic rings. The van der Waals surface area contributed by atoms with Crippen LogP contribution in [0.1, 0.15) is 48.1 Å². The number of pyridine rings is 1. The van der Waals surface area contributed by atoms with Crippen molar-refractivity contribution < 1.29 is 14.2 Å². The molecule has 0 amide bonds. The molecule has 0 unspecified atom stereocenters. The lowest BCUT2D eigenvalue weighted by molar-refractivity contribution is 0.240. The van der Waals surface area contributed by atoms with E-state index in [4.69, 9.17) is 14.2 Å². The summed E-state index contributed by atoms with van der Waals surface area (Å²) in [7, 11) is 5.14. The Morgan fingerprint density at radius 2 is 1.42 bits per heavy atom. The smallest absolute Gasteiger partial charge is 0.161 e. The van der Waals surface area contributed by atoms with Crippen molar-refractivity contribution >= 4 is 0 Å². The minimum atomic E-state index is 0.821. The Bertz CT molecular complexity index is 1060. The maximum Gasteiger partial charge on any atom is 0.161 e. The summed E-state index contributed by atoms with van der Waals surface area (Å²) in [6.45, 7) is 5.86. The second kappa shape index (κ2) is 13.3. The van der Waals surface area contributed by atoms with Crippen molar-refractivity contribution in [2.24, 2.45) is 0 Å². The highest BCUT2D eigenvalue weighted by Gasteiger charge is 2.21. The average molecular weight is 490 g/mol. The zero-order chi connectivity index (χ0) is 25.2. The van der Waals surface area contributed by atoms with Crippen molar-refractivity contribution in [2.75, 3.05) is 34.4 Å². The van der Waals surface area contributed by atoms with E-state index in [1.54, 1.807) is 21.3 Å². The largest absolute Gasteiger partial charge is 0.496 e. The molecule has 2 aromatic carbocycles. The van der Waals surface area contributed by atoms with Crippen LogP contribution in [0.2, 0.25) is 0 Å². The lowest BCUT2D eigenvalue weighted by Gasteiger charge is -2.23. The molecule has 0 fully saturated rings. The van der Waals surface area contributed by atoms with Crippen LogP contribution >= 0.6 is 0 Å². The van der Waals surface area contributed by atoms with Gasteiger partial charge in [0.1, 0.15) is 5.75 Å². The van der Waals surface area contributed by atoms with E-state index < -0.39 is 0 Å². The Labute approximate surface area is 215 Å². The van der Waals surface area contributed by atoms with Crippen molar-refractivity contribution in [1.29, 1.82) is 0 Å². The van der Waals surface area contributed by atoms with Gasteiger partial charge in [0.15, 0.2) is 11.5 Å². The fraction of sp³-hybridized carbons (Fsp3) is 0.433. The number of aromatic nitrogens is 1. The molecular weight excluding hydrogens is 450 g/mol. The first-order valence-corrected chi connectivity index (χ1v) is 12.9. The van der Waals surface area contributed by atoms with Gasteiger partial charge in [-0.2, -0.15) is 0 Å². The molecule has 0 spiro atoms. The van der Waals surface area contributed by atoms with Crippen LogP contribution < -0.4 is 14.2 Å². The van der Waals surface area contributed by atoms with Gasteiger partial charge in [-0.25, -0.2) is 0 Å². The van der Waals surface area contributed by atoms with E-state index >= 15 is 0 Å². The number of methoxy groups -OCH3 is 3. The second-order valence-corrected chi connectivity index (χ2v) is 9.44. The molecule has 0 saturated carbocycles. The third-order valence-corrected chi connectivity index (χ3v) is 6.89. The zero-order valence-corrected chi connectivity index (χ0v) is 21.9. The maximum absolute atomic E-state index is 5.59. The van der Waals surface area contributed by atoms with E-state index in [0.29, 0.717) is 0 Å². The van der Waals surface area contributed by atoms with Gasteiger partial charge in [0.05, 0.1) is 27.0 Å². The standard InChI is InChI=1S/C30H39N3O3/c1-34-28-14-7-6-12-24(28)20-33(23-27-13-8-9-15-31-27)17-11-5-4-10-16-32-21-25-18-29(35-2)30(36-3)19-26(25)22-32/h6-9,12-15,18-19H,4-5,10-11,16-17,20-23H2,1-3H3. The number of para-hydroxylation sites is 1. The van der Waals surface area contributed by atoms with Crippen molar-refractivity contribution in [3.05, 3.63) is 83.2 Å². The predicted molar refractivity (Wildman–Crippen MR) is 143 cm³/mol. The number of ether oxygens (including phenoxy) is 3. The molecule has 1 aromatic heterocycles. The van der Waals surface area contributed by atoms with Crippen LogP contribution in [0, 0.1) is 0 Å². The lowest BCUT2D eigenvalue weighted by Crippen LogP contribution is -2.25. The molecule has 0 N–H and O–H groups in total. The molecule has 0 saturated heterocycles. The molecule has 1 aliphatic rings. The minimum absolute atomic E-state index is 0.821. The van der Waals surface area contributed by atoms with Gasteiger partial charge in [-0.1, -0.05) is 37.1 Å². The molecular formula is C30H39N3O3. The third kappa shape index (κ3) is 6.99. The highest BCUT2D eigenvalue weighted by Crippen LogP contribution is 2.35. The van der Waals surface area contributed by atoms with E-state index in [-0.39, 0.29) is 0 Å². The number of nitrogens with zero attached hydrogens (tertiary/aromatic N) is 3. The first kappa shape index (κ1) is 26.0. The third-order valence-electron chi connectivity index (χ3n) is 6.89. The average Bonchev–Trinajstić information content (AvgIpc) is 3.32. The Balaban J connectivity index is 1.23. The summed E-state index contributed by atoms with van der Waals surface area (Å²) in [5.41, 5.74) is 5.04. The molecule has 0 aliphatic carbocycles. The molecule has 1 aliphatic heterocycles. The summed E-state index contributed by atoms with van der Waals surface area (Å²) in [5, 5.41) is 0. The van der Waals surface area contributed by atoms with Crippen molar-refractivity contribution in [2.45, 2.75) is 51.9 Å². The van der Waals surface area contributed by atoms with Gasteiger partial charge in [0.2, 0.25) is 0 Å². The molecule has 192 valence electrons.